The van der Waals surface area contributed by atoms with Gasteiger partial charge in [0.05, 0.1) is 18.6 Å². The zero-order valence-electron chi connectivity index (χ0n) is 17.5. The number of rotatable bonds is 4. The van der Waals surface area contributed by atoms with E-state index in [9.17, 15) is 10.1 Å². The number of carbonyl (C=O) groups is 1. The number of nitriles is 1. The number of aromatic nitrogens is 2. The Hall–Kier alpha value is -3.97. The van der Waals surface area contributed by atoms with Crippen LogP contribution < -0.4 is 4.74 Å². The van der Waals surface area contributed by atoms with Crippen molar-refractivity contribution >= 4 is 5.91 Å². The first-order chi connectivity index (χ1) is 15.0. The minimum absolute atomic E-state index is 0.0168. The lowest BCUT2D eigenvalue weighted by Crippen LogP contribution is -2.06. The van der Waals surface area contributed by atoms with Gasteiger partial charge in [0.25, 0.3) is 12.0 Å². The fraction of sp³-hybridized carbons (Fsp3) is 0.292. The van der Waals surface area contributed by atoms with E-state index >= 15 is 0 Å². The monoisotopic (exact) mass is 413 g/mol. The molecule has 154 valence electrons. The summed E-state index contributed by atoms with van der Waals surface area (Å²) in [7, 11) is 0. The Labute approximate surface area is 180 Å². The Bertz CT molecular complexity index is 1260. The Balaban J connectivity index is 1.66. The lowest BCUT2D eigenvalue weighted by molar-refractivity contribution is -0.112. The van der Waals surface area contributed by atoms with Crippen molar-refractivity contribution in [3.63, 3.8) is 0 Å². The second kappa shape index (κ2) is 8.41. The molecule has 0 fully saturated rings. The van der Waals surface area contributed by atoms with E-state index < -0.39 is 0 Å². The largest absolute Gasteiger partial charge is 0.511 e. The third-order valence-corrected chi connectivity index (χ3v) is 5.03. The normalized spacial score (nSPS) is 14.5. The van der Waals surface area contributed by atoms with E-state index in [1.165, 1.54) is 6.92 Å². The highest BCUT2D eigenvalue weighted by Crippen LogP contribution is 2.38. The molecule has 1 unspecified atom stereocenters. The van der Waals surface area contributed by atoms with E-state index in [1.54, 1.807) is 18.2 Å². The molecule has 0 N–H and O–H groups in total. The standard InChI is InChI=1S/C24H21N4O3/c1-14(2)30-22-10-8-16(11-18(22)12-25)24-27-23(28-31-24)21-6-4-5-19-17(7-9-20(19)21)13-26-15(3)29/h4-6,8,10-11,14,17H,7,9H2,1-3H3/q+1. The van der Waals surface area contributed by atoms with Crippen molar-refractivity contribution in [1.29, 1.82) is 5.26 Å². The van der Waals surface area contributed by atoms with Crippen LogP contribution in [0.5, 0.6) is 5.75 Å². The summed E-state index contributed by atoms with van der Waals surface area (Å²) in [4.78, 5) is 19.6. The number of ether oxygens (including phenoxy) is 1. The number of hydrogen-bond acceptors (Lipinski definition) is 6. The van der Waals surface area contributed by atoms with Gasteiger partial charge in [0.1, 0.15) is 17.7 Å². The number of nitrogens with zero attached hydrogens (tertiary/aromatic N) is 4. The van der Waals surface area contributed by atoms with Crippen LogP contribution in [-0.4, -0.2) is 22.2 Å². The summed E-state index contributed by atoms with van der Waals surface area (Å²) in [6.45, 7) is 5.23. The van der Waals surface area contributed by atoms with Crippen LogP contribution in [-0.2, 0) is 11.2 Å². The molecule has 0 bridgehead atoms. The molecule has 1 atom stereocenters. The van der Waals surface area contributed by atoms with Gasteiger partial charge >= 0.3 is 5.91 Å². The summed E-state index contributed by atoms with van der Waals surface area (Å²) >= 11 is 0. The molecular formula is C24H21N4O3+. The molecule has 0 spiro atoms. The molecule has 3 aromatic rings. The maximum Gasteiger partial charge on any atom is 0.511 e. The summed E-state index contributed by atoms with van der Waals surface area (Å²) in [5, 5.41) is 13.6. The van der Waals surface area contributed by atoms with Crippen molar-refractivity contribution < 1.29 is 14.1 Å². The maximum atomic E-state index is 11.2. The van der Waals surface area contributed by atoms with Crippen molar-refractivity contribution in [1.82, 2.24) is 10.1 Å². The lowest BCUT2D eigenvalue weighted by atomic mass is 9.99. The summed E-state index contributed by atoms with van der Waals surface area (Å²) < 4.78 is 11.2. The molecule has 31 heavy (non-hydrogen) atoms. The zero-order valence-corrected chi connectivity index (χ0v) is 17.5. The molecule has 1 heterocycles. The lowest BCUT2D eigenvalue weighted by Gasteiger charge is -2.11. The van der Waals surface area contributed by atoms with Crippen LogP contribution in [0.1, 0.15) is 49.8 Å². The van der Waals surface area contributed by atoms with Crippen molar-refractivity contribution in [2.75, 3.05) is 0 Å². The highest BCUT2D eigenvalue weighted by atomic mass is 16.5. The molecule has 2 aromatic carbocycles. The van der Waals surface area contributed by atoms with Gasteiger partial charge in [0.2, 0.25) is 5.82 Å². The van der Waals surface area contributed by atoms with E-state index in [0.717, 1.165) is 29.5 Å². The summed E-state index contributed by atoms with van der Waals surface area (Å²) in [6, 6.07) is 16.2. The smallest absolute Gasteiger partial charge is 0.490 e. The number of benzene rings is 2. The Kier molecular flexibility index (Phi) is 5.51. The number of hydrogen-bond donors (Lipinski definition) is 0. The minimum atomic E-state index is -0.256. The van der Waals surface area contributed by atoms with Crippen LogP contribution in [0.25, 0.3) is 27.7 Å². The molecular weight excluding hydrogens is 392 g/mol. The molecule has 0 saturated carbocycles. The molecule has 7 heteroatoms. The fourth-order valence-corrected chi connectivity index (χ4v) is 3.72. The van der Waals surface area contributed by atoms with E-state index in [1.807, 2.05) is 32.0 Å². The second-order valence-corrected chi connectivity index (χ2v) is 7.64. The molecule has 0 saturated heterocycles. The van der Waals surface area contributed by atoms with Crippen molar-refractivity contribution in [2.45, 2.75) is 45.6 Å². The molecule has 4 rings (SSSR count). The summed E-state index contributed by atoms with van der Waals surface area (Å²) in [5.74, 6) is 1.07. The predicted molar refractivity (Wildman–Crippen MR) is 115 cm³/mol. The predicted octanol–water partition coefficient (Wildman–Crippen LogP) is 4.97. The average molecular weight is 413 g/mol. The first kappa shape index (κ1) is 20.3. The van der Waals surface area contributed by atoms with Gasteiger partial charge in [-0.2, -0.15) is 10.2 Å². The first-order valence-corrected chi connectivity index (χ1v) is 10.1. The maximum absolute atomic E-state index is 11.2. The SMILES string of the molecule is CC(=O)[N+]#CC1CCc2c(-c3noc(-c4ccc(OC(C)C)c(C#N)c4)n3)cccc21. The van der Waals surface area contributed by atoms with Crippen LogP contribution >= 0.6 is 0 Å². The molecule has 1 amide bonds. The Morgan fingerprint density at radius 1 is 1.32 bits per heavy atom. The van der Waals surface area contributed by atoms with Crippen LogP contribution in [0.3, 0.4) is 0 Å². The third-order valence-electron chi connectivity index (χ3n) is 5.03. The van der Waals surface area contributed by atoms with E-state index in [4.69, 9.17) is 9.26 Å². The zero-order chi connectivity index (χ0) is 22.0. The van der Waals surface area contributed by atoms with Crippen LogP contribution in [0.15, 0.2) is 40.9 Å². The van der Waals surface area contributed by atoms with Gasteiger partial charge in [-0.3, -0.25) is 0 Å². The molecule has 7 nitrogen and oxygen atoms in total. The van der Waals surface area contributed by atoms with Crippen molar-refractivity contribution in [3.8, 4) is 40.7 Å². The van der Waals surface area contributed by atoms with Crippen LogP contribution in [0, 0.1) is 17.4 Å². The fourth-order valence-electron chi connectivity index (χ4n) is 3.72. The van der Waals surface area contributed by atoms with Gasteiger partial charge in [-0.1, -0.05) is 23.4 Å². The van der Waals surface area contributed by atoms with E-state index in [0.29, 0.717) is 28.6 Å². The van der Waals surface area contributed by atoms with E-state index in [2.05, 4.69) is 27.1 Å². The van der Waals surface area contributed by atoms with Crippen molar-refractivity contribution in [2.24, 2.45) is 0 Å². The Morgan fingerprint density at radius 2 is 2.16 bits per heavy atom. The highest BCUT2D eigenvalue weighted by molar-refractivity contribution is 5.84. The van der Waals surface area contributed by atoms with Crippen molar-refractivity contribution in [3.05, 3.63) is 57.9 Å². The first-order valence-electron chi connectivity index (χ1n) is 10.1. The number of amides is 1. The summed E-state index contributed by atoms with van der Waals surface area (Å²) in [6.07, 6.45) is 1.62. The summed E-state index contributed by atoms with van der Waals surface area (Å²) in [5.41, 5.74) is 4.15. The number of carbonyl (C=O) groups excluding carboxylic acids is 1. The molecule has 1 aliphatic rings. The van der Waals surface area contributed by atoms with Gasteiger partial charge in [-0.25, -0.2) is 4.79 Å². The third kappa shape index (κ3) is 4.17. The molecule has 1 aliphatic carbocycles. The Morgan fingerprint density at radius 3 is 2.90 bits per heavy atom. The quantitative estimate of drug-likeness (QED) is 0.599. The minimum Gasteiger partial charge on any atom is -0.490 e. The van der Waals surface area contributed by atoms with Gasteiger partial charge < -0.3 is 9.26 Å². The second-order valence-electron chi connectivity index (χ2n) is 7.64. The van der Waals surface area contributed by atoms with Gasteiger partial charge in [-0.15, -0.1) is 0 Å². The van der Waals surface area contributed by atoms with Gasteiger partial charge in [0.15, 0.2) is 0 Å². The van der Waals surface area contributed by atoms with Gasteiger partial charge in [-0.05, 0) is 56.0 Å². The highest BCUT2D eigenvalue weighted by Gasteiger charge is 2.29. The van der Waals surface area contributed by atoms with Crippen LogP contribution in [0.4, 0.5) is 0 Å². The molecule has 0 radical (unpaired) electrons. The number of fused-ring (bicyclic) bond motifs is 1. The average Bonchev–Trinajstić information content (AvgIpc) is 3.39. The molecule has 0 aliphatic heterocycles. The molecule has 1 aromatic heterocycles. The van der Waals surface area contributed by atoms with E-state index in [-0.39, 0.29) is 17.9 Å². The van der Waals surface area contributed by atoms with Crippen LogP contribution in [0.2, 0.25) is 0 Å². The van der Waals surface area contributed by atoms with Gasteiger partial charge in [0, 0.05) is 16.0 Å². The topological polar surface area (TPSA) is 93.4 Å².